The van der Waals surface area contributed by atoms with E-state index >= 15 is 0 Å². The van der Waals surface area contributed by atoms with E-state index in [0.717, 1.165) is 50.0 Å². The fourth-order valence-electron chi connectivity index (χ4n) is 14.5. The first-order valence-corrected chi connectivity index (χ1v) is 37.8. The first-order valence-electron chi connectivity index (χ1n) is 37.4. The molecule has 6 aromatic carbocycles. The van der Waals surface area contributed by atoms with Gasteiger partial charge in [0, 0.05) is 87.5 Å². The summed E-state index contributed by atoms with van der Waals surface area (Å²) < 4.78 is 30.8. The van der Waals surface area contributed by atoms with Gasteiger partial charge in [0.25, 0.3) is 16.7 Å². The number of H-pyrrole nitrogens is 3. The average Bonchev–Trinajstić information content (AvgIpc) is 1.74. The number of carbonyl (C=O) groups excluding carboxylic acids is 3. The molecule has 3 amide bonds. The van der Waals surface area contributed by atoms with Crippen LogP contribution in [0.5, 0.6) is 0 Å². The third kappa shape index (κ3) is 19.8. The number of aromatic amines is 3. The standard InChI is InChI=1S/C29H37BN2O4.2C27H28N4O3.C4H3ClN2O/c1-21(22-13-15-24(16-14-22)30-35-27(4,5)28(6,7)36-30)32-18-17-29(34-25(32)33,19-26(2,3)20-31)23-11-9-8-10-12-23;2*1-19(20-9-11-21(12-10-20)23-13-14-24(32)30-29-23)31-16-15-27(34-25(31)33,17-26(2,3)18-28)22-7-5-4-6-8-22;5-3-1-2-4(8)7-6-3/h8-16,21H,17-19H2,1-7H3;2*4-14,19H,15-17H2,1-3H3,(H,30,32);1-2H,(H,7,8)/t21-,29-;2*19-,27-;/m000./s1. The van der Waals surface area contributed by atoms with Gasteiger partial charge in [-0.2, -0.15) is 31.1 Å². The van der Waals surface area contributed by atoms with Crippen LogP contribution in [0, 0.1) is 50.2 Å². The zero-order valence-corrected chi connectivity index (χ0v) is 66.4. The number of aromatic nitrogens is 6. The molecule has 0 aliphatic carbocycles. The lowest BCUT2D eigenvalue weighted by Gasteiger charge is -2.45. The van der Waals surface area contributed by atoms with Crippen molar-refractivity contribution < 1.29 is 37.9 Å². The Labute approximate surface area is 659 Å². The largest absolute Gasteiger partial charge is 0.494 e. The number of benzene rings is 6. The monoisotopic (exact) mass is 1530 g/mol. The molecule has 580 valence electrons. The molecule has 9 aromatic rings. The normalized spacial score (nSPS) is 20.1. The van der Waals surface area contributed by atoms with E-state index in [9.17, 15) is 44.6 Å². The highest BCUT2D eigenvalue weighted by Gasteiger charge is 2.53. The number of halogens is 1. The summed E-state index contributed by atoms with van der Waals surface area (Å²) in [4.78, 5) is 77.9. The molecule has 0 bridgehead atoms. The Bertz CT molecular complexity index is 4810. The fourth-order valence-corrected chi connectivity index (χ4v) is 14.6. The predicted molar refractivity (Wildman–Crippen MR) is 428 cm³/mol. The van der Waals surface area contributed by atoms with Crippen LogP contribution < -0.4 is 22.1 Å². The van der Waals surface area contributed by atoms with Crippen molar-refractivity contribution in [2.45, 2.75) is 175 Å². The molecule has 7 heterocycles. The van der Waals surface area contributed by atoms with E-state index in [1.807, 2.05) is 254 Å². The zero-order valence-electron chi connectivity index (χ0n) is 65.6. The Morgan fingerprint density at radius 2 is 0.705 bits per heavy atom. The molecule has 3 aromatic heterocycles. The topological polar surface area (TPSA) is 316 Å². The maximum atomic E-state index is 13.4. The highest BCUT2D eigenvalue weighted by molar-refractivity contribution is 6.62. The highest BCUT2D eigenvalue weighted by Crippen LogP contribution is 2.48. The lowest BCUT2D eigenvalue weighted by Crippen LogP contribution is -2.50. The van der Waals surface area contributed by atoms with E-state index in [1.165, 1.54) is 24.3 Å². The van der Waals surface area contributed by atoms with Gasteiger partial charge in [0.2, 0.25) is 0 Å². The molecule has 23 nitrogen and oxygen atoms in total. The summed E-state index contributed by atoms with van der Waals surface area (Å²) in [5, 5.41) is 47.8. The molecule has 4 aliphatic rings. The second-order valence-corrected chi connectivity index (χ2v) is 32.3. The molecular formula is C87H96BClN12O11. The number of carbonyl (C=O) groups is 3. The van der Waals surface area contributed by atoms with Crippen LogP contribution in [0.15, 0.2) is 215 Å². The third-order valence-electron chi connectivity index (χ3n) is 21.5. The van der Waals surface area contributed by atoms with Gasteiger partial charge in [0.15, 0.2) is 0 Å². The summed E-state index contributed by atoms with van der Waals surface area (Å²) in [5.41, 5.74) is 3.79. The summed E-state index contributed by atoms with van der Waals surface area (Å²) in [6.45, 7) is 27.0. The van der Waals surface area contributed by atoms with Gasteiger partial charge in [0.05, 0.1) is 75.2 Å². The van der Waals surface area contributed by atoms with Gasteiger partial charge in [-0.25, -0.2) is 29.7 Å². The molecule has 6 atom stereocenters. The third-order valence-corrected chi connectivity index (χ3v) is 21.7. The highest BCUT2D eigenvalue weighted by atomic mass is 35.5. The summed E-state index contributed by atoms with van der Waals surface area (Å²) in [6.07, 6.45) is 1.97. The Balaban J connectivity index is 0.000000169. The molecule has 4 saturated heterocycles. The zero-order chi connectivity index (χ0) is 81.0. The van der Waals surface area contributed by atoms with Gasteiger partial charge in [0.1, 0.15) is 22.0 Å². The number of cyclic esters (lactones) is 3. The van der Waals surface area contributed by atoms with Crippen molar-refractivity contribution in [2.24, 2.45) is 16.2 Å². The number of rotatable bonds is 18. The number of nitrogens with one attached hydrogen (secondary N) is 3. The molecule has 13 rings (SSSR count). The van der Waals surface area contributed by atoms with Crippen LogP contribution in [0.25, 0.3) is 22.5 Å². The maximum Gasteiger partial charge on any atom is 0.494 e. The Hall–Kier alpha value is -11.5. The number of nitriles is 3. The maximum absolute atomic E-state index is 13.4. The predicted octanol–water partition coefficient (Wildman–Crippen LogP) is 16.5. The lowest BCUT2D eigenvalue weighted by atomic mass is 9.75. The fraction of sp³-hybridized carbons (Fsp3) is 0.379. The summed E-state index contributed by atoms with van der Waals surface area (Å²) in [7, 11) is -0.422. The van der Waals surface area contributed by atoms with Crippen LogP contribution in [0.2, 0.25) is 5.15 Å². The molecule has 0 saturated carbocycles. The number of hydrogen-bond acceptors (Lipinski definition) is 17. The molecule has 3 N–H and O–H groups in total. The van der Waals surface area contributed by atoms with Gasteiger partial charge >= 0.3 is 25.4 Å². The molecule has 0 spiro atoms. The van der Waals surface area contributed by atoms with Crippen LogP contribution in [0.3, 0.4) is 0 Å². The molecule has 0 unspecified atom stereocenters. The molecule has 25 heteroatoms. The summed E-state index contributed by atoms with van der Waals surface area (Å²) in [6, 6.07) is 68.3. The van der Waals surface area contributed by atoms with E-state index < -0.39 is 51.4 Å². The molecule has 4 aliphatic heterocycles. The van der Waals surface area contributed by atoms with Gasteiger partial charge in [-0.15, -0.1) is 0 Å². The Morgan fingerprint density at radius 1 is 0.420 bits per heavy atom. The second-order valence-electron chi connectivity index (χ2n) is 31.9. The summed E-state index contributed by atoms with van der Waals surface area (Å²) in [5.74, 6) is 0. The quantitative estimate of drug-likeness (QED) is 0.0531. The molecule has 0 radical (unpaired) electrons. The van der Waals surface area contributed by atoms with Gasteiger partial charge in [-0.1, -0.05) is 175 Å². The van der Waals surface area contributed by atoms with E-state index in [-0.39, 0.29) is 53.1 Å². The Morgan fingerprint density at radius 3 is 0.955 bits per heavy atom. The van der Waals surface area contributed by atoms with Gasteiger partial charge in [-0.3, -0.25) is 14.4 Å². The second kappa shape index (κ2) is 34.4. The number of nitrogens with zero attached hydrogens (tertiary/aromatic N) is 9. The minimum atomic E-state index is -0.840. The summed E-state index contributed by atoms with van der Waals surface area (Å²) >= 11 is 5.33. The van der Waals surface area contributed by atoms with E-state index in [4.69, 9.17) is 35.1 Å². The molecule has 4 fully saturated rings. The van der Waals surface area contributed by atoms with Crippen molar-refractivity contribution in [3.63, 3.8) is 0 Å². The minimum Gasteiger partial charge on any atom is -0.438 e. The van der Waals surface area contributed by atoms with E-state index in [0.29, 0.717) is 74.7 Å². The first-order chi connectivity index (χ1) is 53.0. The van der Waals surface area contributed by atoms with Gasteiger partial charge < -0.3 is 38.2 Å². The van der Waals surface area contributed by atoms with Crippen LogP contribution in [0.1, 0.15) is 180 Å². The van der Waals surface area contributed by atoms with Crippen molar-refractivity contribution in [3.05, 3.63) is 270 Å². The minimum absolute atomic E-state index is 0.164. The average molecular weight is 1530 g/mol. The number of amides is 3. The lowest BCUT2D eigenvalue weighted by molar-refractivity contribution is -0.0777. The van der Waals surface area contributed by atoms with Crippen molar-refractivity contribution >= 4 is 42.5 Å². The van der Waals surface area contributed by atoms with Crippen LogP contribution in [-0.2, 0) is 40.3 Å². The van der Waals surface area contributed by atoms with Crippen LogP contribution >= 0.6 is 11.6 Å². The smallest absolute Gasteiger partial charge is 0.438 e. The van der Waals surface area contributed by atoms with E-state index in [2.05, 4.69) is 48.8 Å². The van der Waals surface area contributed by atoms with E-state index in [1.54, 1.807) is 26.8 Å². The van der Waals surface area contributed by atoms with Crippen LogP contribution in [-0.4, -0.2) is 102 Å². The van der Waals surface area contributed by atoms with Crippen molar-refractivity contribution in [1.29, 1.82) is 15.8 Å². The Kier molecular flexibility index (Phi) is 25.5. The first kappa shape index (κ1) is 83.0. The van der Waals surface area contributed by atoms with Crippen molar-refractivity contribution in [3.8, 4) is 40.7 Å². The van der Waals surface area contributed by atoms with Gasteiger partial charge in [-0.05, 0) is 147 Å². The van der Waals surface area contributed by atoms with Crippen LogP contribution in [0.4, 0.5) is 14.4 Å². The van der Waals surface area contributed by atoms with Crippen molar-refractivity contribution in [2.75, 3.05) is 19.6 Å². The number of ether oxygens (including phenoxy) is 3. The van der Waals surface area contributed by atoms with Crippen molar-refractivity contribution in [1.82, 2.24) is 45.3 Å². The SMILES string of the molecule is C[C@@H](c1ccc(-c2ccc(=O)[nH]n2)cc1)N1CC[C@](CC(C)(C)C#N)(c2ccccc2)OC1=O.C[C@@H](c1ccc(-c2ccc(=O)[nH]n2)cc1)N1CC[C@](CC(C)(C)C#N)(c2ccccc2)OC1=O.C[C@@H](c1ccc(B2OC(C)(C)C(C)(C)O2)cc1)N1CC[C@](CC(C)(C)C#N)(c2ccccc2)OC1=O.O=c1ccc(Cl)n[nH]1. The molecule has 112 heavy (non-hydrogen) atoms. The molecular weight excluding hydrogens is 1440 g/mol. The number of hydrogen-bond donors (Lipinski definition) is 3.